The second kappa shape index (κ2) is 10.9. The van der Waals surface area contributed by atoms with Crippen molar-refractivity contribution in [2.24, 2.45) is 5.92 Å². The van der Waals surface area contributed by atoms with Crippen molar-refractivity contribution in [2.75, 3.05) is 39.3 Å². The van der Waals surface area contributed by atoms with Gasteiger partial charge in [-0.2, -0.15) is 0 Å². The lowest BCUT2D eigenvalue weighted by Gasteiger charge is -2.43. The first-order valence-corrected chi connectivity index (χ1v) is 13.2. The highest BCUT2D eigenvalue weighted by molar-refractivity contribution is 7.11. The monoisotopic (exact) mass is 446 g/mol. The van der Waals surface area contributed by atoms with Crippen LogP contribution in [0.4, 0.5) is 0 Å². The Labute approximate surface area is 191 Å². The van der Waals surface area contributed by atoms with E-state index in [1.54, 1.807) is 5.51 Å². The van der Waals surface area contributed by atoms with E-state index in [0.717, 1.165) is 75.5 Å². The van der Waals surface area contributed by atoms with E-state index in [1.807, 2.05) is 6.92 Å². The second-order valence-electron chi connectivity index (χ2n) is 9.55. The molecule has 1 atom stereocenters. The normalized spacial score (nSPS) is 24.2. The Morgan fingerprint density at radius 2 is 1.68 bits per heavy atom. The fourth-order valence-corrected chi connectivity index (χ4v) is 6.40. The maximum Gasteiger partial charge on any atom is 0.266 e. The number of thiazole rings is 1. The summed E-state index contributed by atoms with van der Waals surface area (Å²) >= 11 is 1.46. The Kier molecular flexibility index (Phi) is 7.99. The lowest BCUT2D eigenvalue weighted by Crippen LogP contribution is -2.51. The minimum Gasteiger partial charge on any atom is -0.343 e. The topological polar surface area (TPSA) is 56.8 Å². The molecule has 7 heteroatoms. The molecule has 4 heterocycles. The lowest BCUT2D eigenvalue weighted by atomic mass is 9.83. The number of aromatic nitrogens is 1. The highest BCUT2D eigenvalue weighted by Gasteiger charge is 2.36. The largest absolute Gasteiger partial charge is 0.343 e. The van der Waals surface area contributed by atoms with Crippen molar-refractivity contribution < 1.29 is 9.59 Å². The van der Waals surface area contributed by atoms with Crippen molar-refractivity contribution >= 4 is 23.2 Å². The Hall–Kier alpha value is -1.47. The van der Waals surface area contributed by atoms with Crippen LogP contribution in [0, 0.1) is 12.8 Å². The van der Waals surface area contributed by atoms with Crippen LogP contribution in [0.2, 0.25) is 0 Å². The number of likely N-dealkylation sites (tertiary alicyclic amines) is 3. The van der Waals surface area contributed by atoms with Gasteiger partial charge < -0.3 is 14.7 Å². The Morgan fingerprint density at radius 3 is 2.35 bits per heavy atom. The number of hydrogen-bond acceptors (Lipinski definition) is 5. The molecule has 3 aliphatic heterocycles. The average molecular weight is 447 g/mol. The summed E-state index contributed by atoms with van der Waals surface area (Å²) in [6, 6.07) is 0.317. The third kappa shape index (κ3) is 5.67. The maximum atomic E-state index is 13.2. The van der Waals surface area contributed by atoms with Gasteiger partial charge in [-0.15, -0.1) is 11.3 Å². The SMILES string of the molecule is Cc1ncsc1C(=O)N1CCCC[C@H]1C1CCN(C(=O)CCN2CCCCCC2)CC1. The Bertz CT molecular complexity index is 736. The first kappa shape index (κ1) is 22.7. The van der Waals surface area contributed by atoms with Gasteiger partial charge in [0.1, 0.15) is 4.88 Å². The fraction of sp³-hybridized carbons (Fsp3) is 0.792. The Morgan fingerprint density at radius 1 is 0.968 bits per heavy atom. The third-order valence-electron chi connectivity index (χ3n) is 7.53. The number of hydrogen-bond donors (Lipinski definition) is 0. The molecule has 0 saturated carbocycles. The van der Waals surface area contributed by atoms with Crippen LogP contribution in [0.1, 0.15) is 79.6 Å². The van der Waals surface area contributed by atoms with E-state index in [9.17, 15) is 9.59 Å². The number of carbonyl (C=O) groups is 2. The van der Waals surface area contributed by atoms with Gasteiger partial charge in [0.15, 0.2) is 0 Å². The first-order valence-electron chi connectivity index (χ1n) is 12.3. The van der Waals surface area contributed by atoms with Gasteiger partial charge >= 0.3 is 0 Å². The summed E-state index contributed by atoms with van der Waals surface area (Å²) in [5.41, 5.74) is 2.63. The van der Waals surface area contributed by atoms with Crippen LogP contribution in [0.25, 0.3) is 0 Å². The molecule has 0 aliphatic carbocycles. The highest BCUT2D eigenvalue weighted by atomic mass is 32.1. The van der Waals surface area contributed by atoms with Crippen LogP contribution >= 0.6 is 11.3 Å². The van der Waals surface area contributed by atoms with Crippen LogP contribution in [0.15, 0.2) is 5.51 Å². The average Bonchev–Trinajstić information content (AvgIpc) is 3.07. The zero-order valence-electron chi connectivity index (χ0n) is 19.1. The van der Waals surface area contributed by atoms with Crippen LogP contribution < -0.4 is 0 Å². The lowest BCUT2D eigenvalue weighted by molar-refractivity contribution is -0.133. The van der Waals surface area contributed by atoms with E-state index in [-0.39, 0.29) is 5.91 Å². The molecule has 4 rings (SSSR count). The number of nitrogens with zero attached hydrogens (tertiary/aromatic N) is 4. The van der Waals surface area contributed by atoms with Crippen LogP contribution in [-0.4, -0.2) is 76.8 Å². The van der Waals surface area contributed by atoms with E-state index in [0.29, 0.717) is 24.3 Å². The predicted molar refractivity (Wildman–Crippen MR) is 124 cm³/mol. The van der Waals surface area contributed by atoms with E-state index in [2.05, 4.69) is 19.7 Å². The summed E-state index contributed by atoms with van der Waals surface area (Å²) in [5, 5.41) is 0. The second-order valence-corrected chi connectivity index (χ2v) is 10.4. The van der Waals surface area contributed by atoms with Gasteiger partial charge in [0, 0.05) is 38.6 Å². The van der Waals surface area contributed by atoms with E-state index in [1.165, 1.54) is 43.4 Å². The van der Waals surface area contributed by atoms with Crippen molar-refractivity contribution in [3.8, 4) is 0 Å². The molecule has 1 aromatic heterocycles. The number of aryl methyl sites for hydroxylation is 1. The smallest absolute Gasteiger partial charge is 0.266 e. The van der Waals surface area contributed by atoms with E-state index in [4.69, 9.17) is 0 Å². The summed E-state index contributed by atoms with van der Waals surface area (Å²) in [6.45, 7) is 7.70. The zero-order chi connectivity index (χ0) is 21.6. The van der Waals surface area contributed by atoms with Gasteiger partial charge in [-0.1, -0.05) is 12.8 Å². The van der Waals surface area contributed by atoms with Crippen molar-refractivity contribution in [1.82, 2.24) is 19.7 Å². The van der Waals surface area contributed by atoms with Gasteiger partial charge in [0.05, 0.1) is 11.2 Å². The number of rotatable bonds is 5. The molecule has 6 nitrogen and oxygen atoms in total. The number of carbonyl (C=O) groups excluding carboxylic acids is 2. The van der Waals surface area contributed by atoms with Gasteiger partial charge in [0.25, 0.3) is 5.91 Å². The Balaban J connectivity index is 1.28. The number of piperidine rings is 2. The molecule has 3 saturated heterocycles. The van der Waals surface area contributed by atoms with Gasteiger partial charge in [-0.05, 0) is 70.9 Å². The quantitative estimate of drug-likeness (QED) is 0.687. The molecule has 0 bridgehead atoms. The van der Waals surface area contributed by atoms with Crippen molar-refractivity contribution in [2.45, 2.75) is 77.2 Å². The standard InChI is InChI=1S/C24H38N4O2S/c1-19-23(31-18-25-19)24(30)28-14-7-4-8-21(28)20-9-16-27(17-10-20)22(29)11-15-26-12-5-2-3-6-13-26/h18,20-21H,2-17H2,1H3/t21-/m0/s1. The van der Waals surface area contributed by atoms with E-state index < -0.39 is 0 Å². The van der Waals surface area contributed by atoms with Gasteiger partial charge in [-0.25, -0.2) is 4.98 Å². The zero-order valence-corrected chi connectivity index (χ0v) is 19.9. The van der Waals surface area contributed by atoms with Gasteiger partial charge in [-0.3, -0.25) is 9.59 Å². The van der Waals surface area contributed by atoms with Crippen LogP contribution in [0.5, 0.6) is 0 Å². The molecular weight excluding hydrogens is 408 g/mol. The maximum absolute atomic E-state index is 13.2. The molecular formula is C24H38N4O2S. The van der Waals surface area contributed by atoms with Crippen molar-refractivity contribution in [1.29, 1.82) is 0 Å². The molecule has 0 aromatic carbocycles. The molecule has 2 amide bonds. The minimum atomic E-state index is 0.167. The highest BCUT2D eigenvalue weighted by Crippen LogP contribution is 2.32. The molecule has 0 spiro atoms. The van der Waals surface area contributed by atoms with Crippen LogP contribution in [0.3, 0.4) is 0 Å². The first-order chi connectivity index (χ1) is 15.1. The molecule has 31 heavy (non-hydrogen) atoms. The molecule has 3 fully saturated rings. The van der Waals surface area contributed by atoms with Crippen molar-refractivity contribution in [3.05, 3.63) is 16.1 Å². The summed E-state index contributed by atoms with van der Waals surface area (Å²) in [4.78, 5) is 37.8. The van der Waals surface area contributed by atoms with Gasteiger partial charge in [0.2, 0.25) is 5.91 Å². The van der Waals surface area contributed by atoms with E-state index >= 15 is 0 Å². The van der Waals surface area contributed by atoms with Crippen molar-refractivity contribution in [3.63, 3.8) is 0 Å². The summed E-state index contributed by atoms with van der Waals surface area (Å²) in [7, 11) is 0. The molecule has 3 aliphatic rings. The molecule has 0 N–H and O–H groups in total. The summed E-state index contributed by atoms with van der Waals surface area (Å²) < 4.78 is 0. The summed E-state index contributed by atoms with van der Waals surface area (Å²) in [5.74, 6) is 0.993. The predicted octanol–water partition coefficient (Wildman–Crippen LogP) is 3.95. The fourth-order valence-electron chi connectivity index (χ4n) is 5.64. The molecule has 0 unspecified atom stereocenters. The molecule has 0 radical (unpaired) electrons. The minimum absolute atomic E-state index is 0.167. The molecule has 1 aromatic rings. The van der Waals surface area contributed by atoms with Crippen LogP contribution in [-0.2, 0) is 4.79 Å². The summed E-state index contributed by atoms with van der Waals surface area (Å²) in [6.07, 6.45) is 11.3. The molecule has 172 valence electrons. The third-order valence-corrected chi connectivity index (χ3v) is 8.44. The number of amides is 2.